The molecule has 4 nitrogen and oxygen atoms in total. The molecular weight excluding hydrogens is 238 g/mol. The average Bonchev–Trinajstić information content (AvgIpc) is 2.55. The zero-order chi connectivity index (χ0) is 12.5. The third kappa shape index (κ3) is 3.66. The maximum atomic E-state index is 11.3. The molecule has 17 heavy (non-hydrogen) atoms. The fraction of sp³-hybridized carbons (Fsp3) is 1.00. The first-order chi connectivity index (χ1) is 7.89. The summed E-state index contributed by atoms with van der Waals surface area (Å²) in [5, 5.41) is 13.7. The number of hydrogen-bond donors (Lipinski definition) is 2. The van der Waals surface area contributed by atoms with Crippen LogP contribution in [-0.4, -0.2) is 43.2 Å². The summed E-state index contributed by atoms with van der Waals surface area (Å²) < 4.78 is 22.6. The Morgan fingerprint density at radius 1 is 1.41 bits per heavy atom. The molecule has 0 radical (unpaired) electrons. The summed E-state index contributed by atoms with van der Waals surface area (Å²) in [6.07, 6.45) is 4.62. The van der Waals surface area contributed by atoms with Gasteiger partial charge >= 0.3 is 0 Å². The van der Waals surface area contributed by atoms with E-state index in [-0.39, 0.29) is 11.8 Å². The second kappa shape index (κ2) is 4.86. The van der Waals surface area contributed by atoms with Crippen molar-refractivity contribution < 1.29 is 13.5 Å². The molecule has 1 saturated heterocycles. The predicted octanol–water partition coefficient (Wildman–Crippen LogP) is 0.704. The maximum absolute atomic E-state index is 11.3. The zero-order valence-electron chi connectivity index (χ0n) is 10.5. The normalized spacial score (nSPS) is 41.5. The Morgan fingerprint density at radius 2 is 2.18 bits per heavy atom. The summed E-state index contributed by atoms with van der Waals surface area (Å²) in [6, 6.07) is 0.0428. The minimum atomic E-state index is -2.82. The molecule has 3 atom stereocenters. The van der Waals surface area contributed by atoms with Crippen LogP contribution in [0.4, 0.5) is 0 Å². The van der Waals surface area contributed by atoms with Crippen molar-refractivity contribution in [2.24, 2.45) is 5.92 Å². The minimum absolute atomic E-state index is 0.0428. The largest absolute Gasteiger partial charge is 0.389 e. The van der Waals surface area contributed by atoms with E-state index >= 15 is 0 Å². The lowest BCUT2D eigenvalue weighted by Gasteiger charge is -2.36. The molecule has 0 aromatic carbocycles. The molecule has 0 aromatic heterocycles. The number of nitrogens with one attached hydrogen (secondary N) is 1. The molecule has 2 N–H and O–H groups in total. The molecule has 3 unspecified atom stereocenters. The molecule has 5 heteroatoms. The molecule has 1 aliphatic heterocycles. The van der Waals surface area contributed by atoms with Gasteiger partial charge in [-0.1, -0.05) is 19.8 Å². The van der Waals surface area contributed by atoms with Gasteiger partial charge in [-0.15, -0.1) is 0 Å². The Balaban J connectivity index is 1.82. The highest BCUT2D eigenvalue weighted by Gasteiger charge is 2.34. The van der Waals surface area contributed by atoms with Gasteiger partial charge in [0, 0.05) is 12.6 Å². The van der Waals surface area contributed by atoms with Crippen molar-refractivity contribution in [3.05, 3.63) is 0 Å². The Morgan fingerprint density at radius 3 is 2.76 bits per heavy atom. The summed E-state index contributed by atoms with van der Waals surface area (Å²) >= 11 is 0. The fourth-order valence-electron chi connectivity index (χ4n) is 3.08. The number of hydrogen-bond acceptors (Lipinski definition) is 4. The lowest BCUT2D eigenvalue weighted by molar-refractivity contribution is -0.0132. The van der Waals surface area contributed by atoms with E-state index in [1.807, 2.05) is 0 Å². The Labute approximate surface area is 104 Å². The first-order valence-electron chi connectivity index (χ1n) is 6.55. The van der Waals surface area contributed by atoms with E-state index in [4.69, 9.17) is 0 Å². The highest BCUT2D eigenvalue weighted by molar-refractivity contribution is 7.91. The van der Waals surface area contributed by atoms with Gasteiger partial charge in [0.05, 0.1) is 17.1 Å². The Kier molecular flexibility index (Phi) is 3.80. The molecule has 100 valence electrons. The van der Waals surface area contributed by atoms with Crippen molar-refractivity contribution in [1.82, 2.24) is 5.32 Å². The molecular formula is C12H23NO3S. The first-order valence-corrected chi connectivity index (χ1v) is 8.37. The molecule has 1 aliphatic carbocycles. The average molecular weight is 261 g/mol. The fourth-order valence-corrected chi connectivity index (χ4v) is 4.79. The quantitative estimate of drug-likeness (QED) is 0.785. The van der Waals surface area contributed by atoms with Crippen LogP contribution in [0.1, 0.15) is 39.0 Å². The van der Waals surface area contributed by atoms with E-state index in [2.05, 4.69) is 12.2 Å². The summed E-state index contributed by atoms with van der Waals surface area (Å²) in [7, 11) is -2.82. The third-order valence-corrected chi connectivity index (χ3v) is 5.79. The lowest BCUT2D eigenvalue weighted by Crippen LogP contribution is -2.47. The zero-order valence-corrected chi connectivity index (χ0v) is 11.3. The van der Waals surface area contributed by atoms with Crippen LogP contribution in [0.2, 0.25) is 0 Å². The molecule has 2 fully saturated rings. The van der Waals surface area contributed by atoms with Gasteiger partial charge in [-0.25, -0.2) is 8.42 Å². The topological polar surface area (TPSA) is 66.4 Å². The van der Waals surface area contributed by atoms with E-state index in [0.717, 1.165) is 19.3 Å². The van der Waals surface area contributed by atoms with Crippen molar-refractivity contribution in [2.45, 2.75) is 50.7 Å². The molecule has 0 amide bonds. The molecule has 1 heterocycles. The number of aliphatic hydroxyl groups is 1. The maximum Gasteiger partial charge on any atom is 0.151 e. The second-order valence-electron chi connectivity index (χ2n) is 5.91. The summed E-state index contributed by atoms with van der Waals surface area (Å²) in [6.45, 7) is 2.71. The van der Waals surface area contributed by atoms with Crippen LogP contribution >= 0.6 is 0 Å². The van der Waals surface area contributed by atoms with Gasteiger partial charge in [0.1, 0.15) is 0 Å². The summed E-state index contributed by atoms with van der Waals surface area (Å²) in [5.41, 5.74) is -0.621. The van der Waals surface area contributed by atoms with Crippen molar-refractivity contribution in [2.75, 3.05) is 18.1 Å². The molecule has 1 saturated carbocycles. The van der Waals surface area contributed by atoms with Gasteiger partial charge in [-0.05, 0) is 25.2 Å². The van der Waals surface area contributed by atoms with Crippen molar-refractivity contribution >= 4 is 9.84 Å². The van der Waals surface area contributed by atoms with Crippen molar-refractivity contribution in [1.29, 1.82) is 0 Å². The SMILES string of the molecule is CC1CCCC(O)(CNC2CCS(=O)(=O)C2)C1. The van der Waals surface area contributed by atoms with E-state index in [1.54, 1.807) is 0 Å². The van der Waals surface area contributed by atoms with Crippen molar-refractivity contribution in [3.63, 3.8) is 0 Å². The smallest absolute Gasteiger partial charge is 0.151 e. The molecule has 2 rings (SSSR count). The lowest BCUT2D eigenvalue weighted by atomic mass is 9.79. The van der Waals surface area contributed by atoms with Gasteiger partial charge in [0.2, 0.25) is 0 Å². The molecule has 0 spiro atoms. The highest BCUT2D eigenvalue weighted by atomic mass is 32.2. The standard InChI is InChI=1S/C12H23NO3S/c1-10-3-2-5-12(14,7-10)9-13-11-4-6-17(15,16)8-11/h10-11,13-14H,2-9H2,1H3. The van der Waals surface area contributed by atoms with Crippen LogP contribution in [0.3, 0.4) is 0 Å². The minimum Gasteiger partial charge on any atom is -0.389 e. The van der Waals surface area contributed by atoms with Crippen LogP contribution in [0.25, 0.3) is 0 Å². The summed E-state index contributed by atoms with van der Waals surface area (Å²) in [5.74, 6) is 1.10. The molecule has 0 bridgehead atoms. The van der Waals surface area contributed by atoms with Gasteiger partial charge in [-0.2, -0.15) is 0 Å². The highest BCUT2D eigenvalue weighted by Crippen LogP contribution is 2.31. The second-order valence-corrected chi connectivity index (χ2v) is 8.14. The van der Waals surface area contributed by atoms with Crippen LogP contribution in [-0.2, 0) is 9.84 Å². The van der Waals surface area contributed by atoms with Crippen LogP contribution in [0.15, 0.2) is 0 Å². The van der Waals surface area contributed by atoms with Gasteiger partial charge in [0.25, 0.3) is 0 Å². The Bertz CT molecular complexity index is 368. The van der Waals surface area contributed by atoms with Crippen LogP contribution in [0, 0.1) is 5.92 Å². The molecule has 0 aromatic rings. The van der Waals surface area contributed by atoms with E-state index < -0.39 is 15.4 Å². The Hall–Kier alpha value is -0.130. The van der Waals surface area contributed by atoms with Crippen LogP contribution in [0.5, 0.6) is 0 Å². The predicted molar refractivity (Wildman–Crippen MR) is 67.6 cm³/mol. The van der Waals surface area contributed by atoms with Gasteiger partial charge < -0.3 is 10.4 Å². The third-order valence-electron chi connectivity index (χ3n) is 4.02. The summed E-state index contributed by atoms with van der Waals surface area (Å²) in [4.78, 5) is 0. The van der Waals surface area contributed by atoms with E-state index in [0.29, 0.717) is 24.6 Å². The van der Waals surface area contributed by atoms with Gasteiger partial charge in [-0.3, -0.25) is 0 Å². The monoisotopic (exact) mass is 261 g/mol. The van der Waals surface area contributed by atoms with E-state index in [9.17, 15) is 13.5 Å². The number of sulfone groups is 1. The number of rotatable bonds is 3. The van der Waals surface area contributed by atoms with Gasteiger partial charge in [0.15, 0.2) is 9.84 Å². The van der Waals surface area contributed by atoms with Crippen LogP contribution < -0.4 is 5.32 Å². The van der Waals surface area contributed by atoms with E-state index in [1.165, 1.54) is 6.42 Å². The first kappa shape index (κ1) is 13.3. The van der Waals surface area contributed by atoms with Crippen molar-refractivity contribution in [3.8, 4) is 0 Å². The molecule has 2 aliphatic rings.